The van der Waals surface area contributed by atoms with Crippen molar-refractivity contribution < 1.29 is 4.39 Å². The van der Waals surface area contributed by atoms with E-state index in [0.29, 0.717) is 0 Å². The number of hydrogen-bond acceptors (Lipinski definition) is 2. The van der Waals surface area contributed by atoms with E-state index in [-0.39, 0.29) is 5.82 Å². The summed E-state index contributed by atoms with van der Waals surface area (Å²) in [6, 6.07) is 10.5. The minimum Gasteiger partial charge on any atom is -0.374 e. The molecule has 94 valence electrons. The van der Waals surface area contributed by atoms with Crippen LogP contribution in [0.1, 0.15) is 0 Å². The molecule has 0 aliphatic rings. The highest BCUT2D eigenvalue weighted by molar-refractivity contribution is 5.66. The number of aromatic nitrogens is 1. The highest BCUT2D eigenvalue weighted by Crippen LogP contribution is 2.21. The number of benzene rings is 1. The van der Waals surface area contributed by atoms with Crippen LogP contribution in [0.4, 0.5) is 10.2 Å². The highest BCUT2D eigenvalue weighted by Gasteiger charge is 2.04. The van der Waals surface area contributed by atoms with E-state index in [1.165, 1.54) is 12.1 Å². The largest absolute Gasteiger partial charge is 0.374 e. The number of hydrogen-bond donors (Lipinski definition) is 1. The monoisotopic (exact) mass is 245 g/mol. The van der Waals surface area contributed by atoms with E-state index in [2.05, 4.69) is 10.3 Å². The molecule has 0 amide bonds. The Morgan fingerprint density at radius 3 is 2.56 bits per heavy atom. The summed E-state index contributed by atoms with van der Waals surface area (Å²) in [5.74, 6) is 0.694. The first kappa shape index (κ1) is 12.4. The minimum absolute atomic E-state index is 0.235. The average molecular weight is 245 g/mol. The Morgan fingerprint density at radius 2 is 1.94 bits per heavy atom. The van der Waals surface area contributed by atoms with Gasteiger partial charge in [0.1, 0.15) is 17.1 Å². The zero-order valence-corrected chi connectivity index (χ0v) is 10.7. The summed E-state index contributed by atoms with van der Waals surface area (Å²) >= 11 is 0. The first-order valence-corrected chi connectivity index (χ1v) is 5.73. The van der Waals surface area contributed by atoms with Crippen LogP contribution in [0.25, 0.3) is 11.1 Å². The standard InChI is InChI=1S/C14H16FN3/c1-16-13-8-11(9-14(17-2)18(13)3)10-5-4-6-12(15)7-10/h4-9,16H,1-3H3. The molecule has 0 aliphatic heterocycles. The lowest BCUT2D eigenvalue weighted by atomic mass is 10.1. The van der Waals surface area contributed by atoms with Crippen LogP contribution in [0, 0.1) is 5.82 Å². The van der Waals surface area contributed by atoms with Gasteiger partial charge in [0.05, 0.1) is 0 Å². The van der Waals surface area contributed by atoms with Crippen LogP contribution in [0.2, 0.25) is 0 Å². The van der Waals surface area contributed by atoms with Crippen molar-refractivity contribution in [3.8, 4) is 11.1 Å². The van der Waals surface area contributed by atoms with Crippen LogP contribution < -0.4 is 10.8 Å². The molecule has 1 aromatic carbocycles. The second-order valence-electron chi connectivity index (χ2n) is 4.03. The van der Waals surface area contributed by atoms with Crippen molar-refractivity contribution in [2.45, 2.75) is 0 Å². The first-order valence-electron chi connectivity index (χ1n) is 5.73. The first-order chi connectivity index (χ1) is 8.65. The quantitative estimate of drug-likeness (QED) is 0.865. The minimum atomic E-state index is -0.235. The summed E-state index contributed by atoms with van der Waals surface area (Å²) in [7, 11) is 5.53. The van der Waals surface area contributed by atoms with Crippen LogP contribution in [-0.2, 0) is 7.05 Å². The molecule has 0 saturated carbocycles. The van der Waals surface area contributed by atoms with Crippen molar-refractivity contribution in [1.29, 1.82) is 0 Å². The predicted molar refractivity (Wildman–Crippen MR) is 71.8 cm³/mol. The number of halogens is 1. The Morgan fingerprint density at radius 1 is 1.17 bits per heavy atom. The Balaban J connectivity index is 2.66. The molecule has 0 unspecified atom stereocenters. The number of rotatable bonds is 2. The Kier molecular flexibility index (Phi) is 3.46. The summed E-state index contributed by atoms with van der Waals surface area (Å²) in [6.07, 6.45) is 0. The summed E-state index contributed by atoms with van der Waals surface area (Å²) < 4.78 is 15.2. The van der Waals surface area contributed by atoms with Crippen LogP contribution in [0.5, 0.6) is 0 Å². The molecule has 0 fully saturated rings. The maximum absolute atomic E-state index is 13.3. The SMILES string of the molecule is CN=c1cc(-c2cccc(F)c2)cc(NC)n1C. The molecular weight excluding hydrogens is 229 g/mol. The molecule has 0 spiro atoms. The second-order valence-corrected chi connectivity index (χ2v) is 4.03. The van der Waals surface area contributed by atoms with E-state index in [0.717, 1.165) is 22.4 Å². The van der Waals surface area contributed by atoms with Gasteiger partial charge in [-0.25, -0.2) is 4.39 Å². The molecule has 0 saturated heterocycles. The zero-order chi connectivity index (χ0) is 13.1. The van der Waals surface area contributed by atoms with Crippen molar-refractivity contribution in [3.05, 3.63) is 47.7 Å². The van der Waals surface area contributed by atoms with E-state index in [4.69, 9.17) is 0 Å². The van der Waals surface area contributed by atoms with Crippen LogP contribution in [0.3, 0.4) is 0 Å². The van der Waals surface area contributed by atoms with Gasteiger partial charge >= 0.3 is 0 Å². The van der Waals surface area contributed by atoms with Gasteiger partial charge in [-0.05, 0) is 35.4 Å². The smallest absolute Gasteiger partial charge is 0.129 e. The fourth-order valence-electron chi connectivity index (χ4n) is 1.93. The average Bonchev–Trinajstić information content (AvgIpc) is 2.39. The van der Waals surface area contributed by atoms with E-state index in [9.17, 15) is 4.39 Å². The summed E-state index contributed by atoms with van der Waals surface area (Å²) in [5, 5.41) is 3.10. The van der Waals surface area contributed by atoms with Gasteiger partial charge in [-0.1, -0.05) is 12.1 Å². The number of pyridine rings is 1. The van der Waals surface area contributed by atoms with Crippen LogP contribution >= 0.6 is 0 Å². The molecule has 1 aromatic heterocycles. The van der Waals surface area contributed by atoms with Gasteiger partial charge in [-0.15, -0.1) is 0 Å². The summed E-state index contributed by atoms with van der Waals surface area (Å²) in [4.78, 5) is 4.22. The van der Waals surface area contributed by atoms with E-state index in [1.807, 2.05) is 36.9 Å². The lowest BCUT2D eigenvalue weighted by molar-refractivity contribution is 0.628. The molecule has 3 nitrogen and oxygen atoms in total. The Bertz CT molecular complexity index is 629. The molecule has 4 heteroatoms. The Labute approximate surface area is 106 Å². The molecule has 18 heavy (non-hydrogen) atoms. The predicted octanol–water partition coefficient (Wildman–Crippen LogP) is 2.40. The van der Waals surface area contributed by atoms with Gasteiger partial charge in [0.25, 0.3) is 0 Å². The van der Waals surface area contributed by atoms with E-state index >= 15 is 0 Å². The lowest BCUT2D eigenvalue weighted by Gasteiger charge is -2.12. The van der Waals surface area contributed by atoms with E-state index in [1.54, 1.807) is 13.1 Å². The highest BCUT2D eigenvalue weighted by atomic mass is 19.1. The van der Waals surface area contributed by atoms with Crippen LogP contribution in [-0.4, -0.2) is 18.7 Å². The summed E-state index contributed by atoms with van der Waals surface area (Å²) in [6.45, 7) is 0. The lowest BCUT2D eigenvalue weighted by Crippen LogP contribution is -2.20. The maximum Gasteiger partial charge on any atom is 0.129 e. The Hall–Kier alpha value is -2.10. The molecule has 0 aliphatic carbocycles. The van der Waals surface area contributed by atoms with Crippen molar-refractivity contribution >= 4 is 5.82 Å². The molecule has 1 heterocycles. The van der Waals surface area contributed by atoms with Gasteiger partial charge in [0.2, 0.25) is 0 Å². The van der Waals surface area contributed by atoms with Gasteiger partial charge in [-0.2, -0.15) is 0 Å². The molecular formula is C14H16FN3. The number of nitrogens with one attached hydrogen (secondary N) is 1. The topological polar surface area (TPSA) is 29.3 Å². The molecule has 0 radical (unpaired) electrons. The van der Waals surface area contributed by atoms with E-state index < -0.39 is 0 Å². The number of nitrogens with zero attached hydrogens (tertiary/aromatic N) is 2. The van der Waals surface area contributed by atoms with Crippen molar-refractivity contribution in [1.82, 2.24) is 4.57 Å². The number of anilines is 1. The molecule has 0 atom stereocenters. The van der Waals surface area contributed by atoms with Gasteiger partial charge in [0.15, 0.2) is 0 Å². The third-order valence-electron chi connectivity index (χ3n) is 2.93. The molecule has 2 rings (SSSR count). The third kappa shape index (κ3) is 2.27. The second kappa shape index (κ2) is 5.04. The van der Waals surface area contributed by atoms with Crippen molar-refractivity contribution in [2.75, 3.05) is 19.4 Å². The van der Waals surface area contributed by atoms with Gasteiger partial charge in [-0.3, -0.25) is 4.99 Å². The van der Waals surface area contributed by atoms with Crippen molar-refractivity contribution in [2.24, 2.45) is 12.0 Å². The van der Waals surface area contributed by atoms with Crippen LogP contribution in [0.15, 0.2) is 41.4 Å². The third-order valence-corrected chi connectivity index (χ3v) is 2.93. The fraction of sp³-hybridized carbons (Fsp3) is 0.214. The normalized spacial score (nSPS) is 11.7. The fourth-order valence-corrected chi connectivity index (χ4v) is 1.93. The van der Waals surface area contributed by atoms with Gasteiger partial charge < -0.3 is 9.88 Å². The van der Waals surface area contributed by atoms with Gasteiger partial charge in [0, 0.05) is 21.1 Å². The van der Waals surface area contributed by atoms with Crippen molar-refractivity contribution in [3.63, 3.8) is 0 Å². The zero-order valence-electron chi connectivity index (χ0n) is 10.7. The maximum atomic E-state index is 13.3. The summed E-state index contributed by atoms with van der Waals surface area (Å²) in [5.41, 5.74) is 2.62. The molecule has 1 N–H and O–H groups in total. The molecule has 0 bridgehead atoms. The molecule has 2 aromatic rings.